The number of aliphatic hydroxyl groups is 1. The number of aliphatic hydroxyl groups excluding tert-OH is 1. The number of piperidine rings is 1. The first-order valence-electron chi connectivity index (χ1n) is 13.4. The summed E-state index contributed by atoms with van der Waals surface area (Å²) < 4.78 is 43.0. The molecule has 1 unspecified atom stereocenters. The molecule has 0 radical (unpaired) electrons. The van der Waals surface area contributed by atoms with Gasteiger partial charge in [0, 0.05) is 68.2 Å². The van der Waals surface area contributed by atoms with E-state index in [1.165, 1.54) is 22.7 Å². The van der Waals surface area contributed by atoms with Crippen molar-refractivity contribution in [1.29, 1.82) is 0 Å². The van der Waals surface area contributed by atoms with Gasteiger partial charge in [0.25, 0.3) is 0 Å². The fourth-order valence-electron chi connectivity index (χ4n) is 5.95. The van der Waals surface area contributed by atoms with Gasteiger partial charge in [0.05, 0.1) is 30.1 Å². The summed E-state index contributed by atoms with van der Waals surface area (Å²) in [7, 11) is -3.39. The van der Waals surface area contributed by atoms with Crippen LogP contribution in [-0.2, 0) is 29.5 Å². The van der Waals surface area contributed by atoms with Gasteiger partial charge in [-0.2, -0.15) is 9.40 Å². The Morgan fingerprint density at radius 3 is 2.60 bits per heavy atom. The number of nitrogens with one attached hydrogen (secondary N) is 1. The summed E-state index contributed by atoms with van der Waals surface area (Å²) in [6.07, 6.45) is 4.19. The second-order valence-corrected chi connectivity index (χ2v) is 12.7. The molecule has 1 saturated heterocycles. The number of rotatable bonds is 7. The minimum absolute atomic E-state index is 0.0405. The Kier molecular flexibility index (Phi) is 7.07. The number of halogens is 1. The van der Waals surface area contributed by atoms with Crippen LogP contribution in [0.5, 0.6) is 0 Å². The molecule has 0 spiro atoms. The van der Waals surface area contributed by atoms with Crippen molar-refractivity contribution in [3.05, 3.63) is 70.2 Å². The number of H-pyrrole nitrogens is 1. The number of β-amino-alcohol motifs (C(OH)–C–C–N with tert-alkyl or cyclic N) is 1. The van der Waals surface area contributed by atoms with E-state index < -0.39 is 16.1 Å². The molecule has 0 bridgehead atoms. The van der Waals surface area contributed by atoms with Crippen LogP contribution in [-0.4, -0.2) is 85.6 Å². The SMILES string of the molecule is CS(=O)(=O)N1CCc2c(c(-c3ccc(F)cc3)nn2CC(O)CN2CCC(n3c(=O)[nH]c4cccnc43)CC2)C1. The van der Waals surface area contributed by atoms with E-state index in [0.717, 1.165) is 42.7 Å². The first kappa shape index (κ1) is 26.8. The highest BCUT2D eigenvalue weighted by Gasteiger charge is 2.31. The third-order valence-corrected chi connectivity index (χ3v) is 9.19. The first-order chi connectivity index (χ1) is 19.2. The molecule has 2 aliphatic rings. The van der Waals surface area contributed by atoms with Gasteiger partial charge in [-0.15, -0.1) is 0 Å². The predicted molar refractivity (Wildman–Crippen MR) is 148 cm³/mol. The number of nitrogens with zero attached hydrogens (tertiary/aromatic N) is 6. The van der Waals surface area contributed by atoms with Crippen molar-refractivity contribution in [2.24, 2.45) is 0 Å². The number of aromatic amines is 1. The van der Waals surface area contributed by atoms with Crippen LogP contribution in [0.4, 0.5) is 4.39 Å². The standard InChI is InChI=1S/C27H32FN7O4S/c1-40(38,39)33-14-10-24-22(17-33)25(18-4-6-19(28)7-5-18)31-34(24)16-21(36)15-32-12-8-20(9-13-32)35-26-23(30-27(35)37)3-2-11-29-26/h2-7,11,20-21,36H,8-10,12-17H2,1H3,(H,30,37). The van der Waals surface area contributed by atoms with Gasteiger partial charge in [0.1, 0.15) is 5.82 Å². The number of aromatic nitrogens is 5. The molecule has 11 nitrogen and oxygen atoms in total. The van der Waals surface area contributed by atoms with Crippen LogP contribution in [0.3, 0.4) is 0 Å². The van der Waals surface area contributed by atoms with E-state index in [1.54, 1.807) is 33.6 Å². The maximum atomic E-state index is 13.6. The molecule has 13 heteroatoms. The Labute approximate surface area is 230 Å². The topological polar surface area (TPSA) is 129 Å². The fourth-order valence-corrected chi connectivity index (χ4v) is 6.74. The molecule has 1 fully saturated rings. The molecular weight excluding hydrogens is 537 g/mol. The van der Waals surface area contributed by atoms with Gasteiger partial charge < -0.3 is 15.0 Å². The maximum Gasteiger partial charge on any atom is 0.327 e. The number of imidazole rings is 1. The Bertz CT molecular complexity index is 1690. The molecule has 212 valence electrons. The van der Waals surface area contributed by atoms with Crippen molar-refractivity contribution >= 4 is 21.2 Å². The fraction of sp³-hybridized carbons (Fsp3) is 0.444. The third kappa shape index (κ3) is 5.21. The van der Waals surface area contributed by atoms with Gasteiger partial charge >= 0.3 is 5.69 Å². The molecule has 0 saturated carbocycles. The lowest BCUT2D eigenvalue weighted by molar-refractivity contribution is 0.0762. The number of likely N-dealkylation sites (tertiary alicyclic amines) is 1. The summed E-state index contributed by atoms with van der Waals surface area (Å²) in [6, 6.07) is 9.67. The molecule has 2 N–H and O–H groups in total. The van der Waals surface area contributed by atoms with Crippen molar-refractivity contribution in [2.45, 2.75) is 44.5 Å². The van der Waals surface area contributed by atoms with Gasteiger partial charge in [0.15, 0.2) is 5.65 Å². The molecule has 5 heterocycles. The summed E-state index contributed by atoms with van der Waals surface area (Å²) in [4.78, 5) is 22.0. The second-order valence-electron chi connectivity index (χ2n) is 10.7. The highest BCUT2D eigenvalue weighted by atomic mass is 32.2. The van der Waals surface area contributed by atoms with Crippen LogP contribution in [0.1, 0.15) is 30.1 Å². The number of hydrogen-bond acceptors (Lipinski definition) is 7. The summed E-state index contributed by atoms with van der Waals surface area (Å²) in [5.41, 5.74) is 4.23. The molecule has 3 aromatic heterocycles. The van der Waals surface area contributed by atoms with Crippen molar-refractivity contribution < 1.29 is 17.9 Å². The molecule has 0 aliphatic carbocycles. The predicted octanol–water partition coefficient (Wildman–Crippen LogP) is 1.74. The van der Waals surface area contributed by atoms with E-state index in [-0.39, 0.29) is 30.6 Å². The smallest absolute Gasteiger partial charge is 0.327 e. The van der Waals surface area contributed by atoms with Crippen molar-refractivity contribution in [3.63, 3.8) is 0 Å². The molecule has 4 aromatic rings. The zero-order valence-corrected chi connectivity index (χ0v) is 23.0. The Balaban J connectivity index is 1.16. The van der Waals surface area contributed by atoms with Gasteiger partial charge in [-0.05, 0) is 49.2 Å². The van der Waals surface area contributed by atoms with E-state index in [0.29, 0.717) is 36.4 Å². The lowest BCUT2D eigenvalue weighted by Gasteiger charge is -2.33. The molecular formula is C27H32FN7O4S. The van der Waals surface area contributed by atoms with Crippen LogP contribution in [0, 0.1) is 5.82 Å². The number of benzene rings is 1. The maximum absolute atomic E-state index is 13.6. The average Bonchev–Trinajstić information content (AvgIpc) is 3.45. The Morgan fingerprint density at radius 1 is 1.12 bits per heavy atom. The lowest BCUT2D eigenvalue weighted by Crippen LogP contribution is -2.42. The van der Waals surface area contributed by atoms with Gasteiger partial charge in [-0.25, -0.2) is 22.6 Å². The van der Waals surface area contributed by atoms with E-state index in [4.69, 9.17) is 5.10 Å². The monoisotopic (exact) mass is 569 g/mol. The number of sulfonamides is 1. The van der Waals surface area contributed by atoms with Crippen LogP contribution < -0.4 is 5.69 Å². The molecule has 0 amide bonds. The van der Waals surface area contributed by atoms with Gasteiger partial charge in [0.2, 0.25) is 10.0 Å². The Morgan fingerprint density at radius 2 is 1.88 bits per heavy atom. The zero-order valence-electron chi connectivity index (χ0n) is 22.2. The summed E-state index contributed by atoms with van der Waals surface area (Å²) >= 11 is 0. The largest absolute Gasteiger partial charge is 0.390 e. The normalized spacial score (nSPS) is 18.3. The lowest BCUT2D eigenvalue weighted by atomic mass is 10.0. The third-order valence-electron chi connectivity index (χ3n) is 7.94. The minimum atomic E-state index is -3.39. The molecule has 6 rings (SSSR count). The second kappa shape index (κ2) is 10.5. The average molecular weight is 570 g/mol. The van der Waals surface area contributed by atoms with Crippen molar-refractivity contribution in [2.75, 3.05) is 32.4 Å². The van der Waals surface area contributed by atoms with E-state index in [2.05, 4.69) is 14.9 Å². The van der Waals surface area contributed by atoms with Crippen molar-refractivity contribution in [3.8, 4) is 11.3 Å². The summed E-state index contributed by atoms with van der Waals surface area (Å²) in [5, 5.41) is 15.8. The first-order valence-corrected chi connectivity index (χ1v) is 15.3. The summed E-state index contributed by atoms with van der Waals surface area (Å²) in [6.45, 7) is 2.70. The molecule has 1 atom stereocenters. The van der Waals surface area contributed by atoms with Crippen LogP contribution >= 0.6 is 0 Å². The minimum Gasteiger partial charge on any atom is -0.390 e. The quantitative estimate of drug-likeness (QED) is 0.347. The van der Waals surface area contributed by atoms with E-state index in [9.17, 15) is 22.7 Å². The van der Waals surface area contributed by atoms with E-state index >= 15 is 0 Å². The molecule has 1 aromatic carbocycles. The van der Waals surface area contributed by atoms with Crippen LogP contribution in [0.25, 0.3) is 22.4 Å². The van der Waals surface area contributed by atoms with Crippen LogP contribution in [0.2, 0.25) is 0 Å². The van der Waals surface area contributed by atoms with Crippen LogP contribution in [0.15, 0.2) is 47.4 Å². The number of pyridine rings is 1. The highest BCUT2D eigenvalue weighted by Crippen LogP contribution is 2.31. The molecule has 40 heavy (non-hydrogen) atoms. The highest BCUT2D eigenvalue weighted by molar-refractivity contribution is 7.88. The van der Waals surface area contributed by atoms with Gasteiger partial charge in [-0.3, -0.25) is 9.25 Å². The van der Waals surface area contributed by atoms with E-state index in [1.807, 2.05) is 6.07 Å². The Hall–Kier alpha value is -3.39. The number of fused-ring (bicyclic) bond motifs is 2. The zero-order chi connectivity index (χ0) is 28.0. The number of hydrogen-bond donors (Lipinski definition) is 2. The molecule has 2 aliphatic heterocycles. The van der Waals surface area contributed by atoms with Crippen molar-refractivity contribution in [1.82, 2.24) is 33.5 Å². The van der Waals surface area contributed by atoms with Gasteiger partial charge in [-0.1, -0.05) is 0 Å². The summed E-state index contributed by atoms with van der Waals surface area (Å²) in [5.74, 6) is -0.361.